The third-order valence-electron chi connectivity index (χ3n) is 2.91. The van der Waals surface area contributed by atoms with Crippen LogP contribution in [0.5, 0.6) is 0 Å². The second-order valence-electron chi connectivity index (χ2n) is 4.00. The van der Waals surface area contributed by atoms with E-state index in [4.69, 9.17) is 5.73 Å². The summed E-state index contributed by atoms with van der Waals surface area (Å²) in [5.74, 6) is 0.831. The number of fused-ring (bicyclic) bond motifs is 1. The number of benzene rings is 1. The van der Waals surface area contributed by atoms with Gasteiger partial charge in [0.05, 0.1) is 17.2 Å². The normalized spacial score (nSPS) is 10.9. The van der Waals surface area contributed by atoms with E-state index in [9.17, 15) is 0 Å². The smallest absolute Gasteiger partial charge is 0.138 e. The Kier molecular flexibility index (Phi) is 2.08. The fourth-order valence-electron chi connectivity index (χ4n) is 1.89. The third kappa shape index (κ3) is 1.54. The summed E-state index contributed by atoms with van der Waals surface area (Å²) in [7, 11) is 0. The summed E-state index contributed by atoms with van der Waals surface area (Å²) in [5, 5.41) is 0. The topological polar surface area (TPSA) is 67.6 Å². The minimum absolute atomic E-state index is 0.779. The number of hydrogen-bond acceptors (Lipinski definition) is 3. The number of nitrogens with zero attached hydrogens (tertiary/aromatic N) is 2. The maximum atomic E-state index is 5.90. The van der Waals surface area contributed by atoms with Crippen LogP contribution in [0, 0.1) is 6.92 Å². The first-order chi connectivity index (χ1) is 8.25. The summed E-state index contributed by atoms with van der Waals surface area (Å²) in [5.41, 5.74) is 10.6. The second-order valence-corrected chi connectivity index (χ2v) is 4.00. The van der Waals surface area contributed by atoms with Gasteiger partial charge in [-0.1, -0.05) is 12.1 Å². The van der Waals surface area contributed by atoms with Crippen LogP contribution >= 0.6 is 0 Å². The van der Waals surface area contributed by atoms with Gasteiger partial charge in [-0.2, -0.15) is 0 Å². The first kappa shape index (κ1) is 9.84. The summed E-state index contributed by atoms with van der Waals surface area (Å²) >= 11 is 0. The van der Waals surface area contributed by atoms with Crippen LogP contribution in [-0.4, -0.2) is 15.0 Å². The molecule has 0 aliphatic heterocycles. The molecule has 0 bridgehead atoms. The fourth-order valence-corrected chi connectivity index (χ4v) is 1.89. The molecule has 4 heteroatoms. The number of anilines is 1. The van der Waals surface area contributed by atoms with E-state index in [1.54, 1.807) is 12.4 Å². The van der Waals surface area contributed by atoms with Crippen molar-refractivity contribution in [3.05, 3.63) is 42.2 Å². The third-order valence-corrected chi connectivity index (χ3v) is 2.91. The molecule has 0 saturated carbocycles. The number of pyridine rings is 1. The van der Waals surface area contributed by atoms with Crippen molar-refractivity contribution in [2.45, 2.75) is 6.92 Å². The second kappa shape index (κ2) is 3.59. The Morgan fingerprint density at radius 3 is 2.94 bits per heavy atom. The molecule has 3 rings (SSSR count). The highest BCUT2D eigenvalue weighted by Crippen LogP contribution is 2.26. The first-order valence-corrected chi connectivity index (χ1v) is 5.41. The number of hydrogen-bond donors (Lipinski definition) is 2. The van der Waals surface area contributed by atoms with Gasteiger partial charge in [0.2, 0.25) is 0 Å². The quantitative estimate of drug-likeness (QED) is 0.624. The van der Waals surface area contributed by atoms with Gasteiger partial charge in [-0.05, 0) is 24.6 Å². The largest absolute Gasteiger partial charge is 0.398 e. The Bertz CT molecular complexity index is 652. The lowest BCUT2D eigenvalue weighted by Crippen LogP contribution is -1.92. The van der Waals surface area contributed by atoms with Gasteiger partial charge in [0.25, 0.3) is 0 Å². The number of nitrogens with one attached hydrogen (secondary N) is 1. The summed E-state index contributed by atoms with van der Waals surface area (Å²) in [6.07, 6.45) is 3.51. The summed E-state index contributed by atoms with van der Waals surface area (Å²) in [4.78, 5) is 11.8. The van der Waals surface area contributed by atoms with Gasteiger partial charge in [0, 0.05) is 17.4 Å². The fraction of sp³-hybridized carbons (Fsp3) is 0.0769. The number of imidazole rings is 1. The van der Waals surface area contributed by atoms with Crippen LogP contribution < -0.4 is 5.73 Å². The first-order valence-electron chi connectivity index (χ1n) is 5.41. The molecular weight excluding hydrogens is 212 g/mol. The van der Waals surface area contributed by atoms with Gasteiger partial charge >= 0.3 is 0 Å². The predicted octanol–water partition coefficient (Wildman–Crippen LogP) is 2.52. The molecule has 0 unspecified atom stereocenters. The summed E-state index contributed by atoms with van der Waals surface area (Å²) in [6, 6.07) is 7.72. The van der Waals surface area contributed by atoms with Crippen molar-refractivity contribution in [2.75, 3.05) is 5.73 Å². The molecule has 0 atom stereocenters. The number of nitrogens with two attached hydrogens (primary N) is 1. The predicted molar refractivity (Wildman–Crippen MR) is 68.5 cm³/mol. The lowest BCUT2D eigenvalue weighted by molar-refractivity contribution is 1.30. The van der Waals surface area contributed by atoms with Gasteiger partial charge in [0.1, 0.15) is 5.82 Å². The SMILES string of the molecule is Cc1c(N)cccc1-c1nc2ccncc2[nH]1. The lowest BCUT2D eigenvalue weighted by atomic mass is 10.1. The molecular formula is C13H12N4. The molecule has 17 heavy (non-hydrogen) atoms. The number of aromatic amines is 1. The lowest BCUT2D eigenvalue weighted by Gasteiger charge is -2.04. The summed E-state index contributed by atoms with van der Waals surface area (Å²) < 4.78 is 0. The van der Waals surface area contributed by atoms with Crippen LogP contribution in [0.15, 0.2) is 36.7 Å². The van der Waals surface area contributed by atoms with Crippen LogP contribution in [0.1, 0.15) is 5.56 Å². The molecule has 3 N–H and O–H groups in total. The van der Waals surface area contributed by atoms with Crippen molar-refractivity contribution >= 4 is 16.7 Å². The minimum atomic E-state index is 0.779. The van der Waals surface area contributed by atoms with E-state index in [-0.39, 0.29) is 0 Å². The molecule has 0 spiro atoms. The summed E-state index contributed by atoms with van der Waals surface area (Å²) in [6.45, 7) is 2.00. The molecule has 2 aromatic heterocycles. The Morgan fingerprint density at radius 1 is 1.24 bits per heavy atom. The molecule has 4 nitrogen and oxygen atoms in total. The molecule has 3 aromatic rings. The molecule has 0 saturated heterocycles. The molecule has 0 radical (unpaired) electrons. The monoisotopic (exact) mass is 224 g/mol. The Morgan fingerprint density at radius 2 is 2.12 bits per heavy atom. The molecule has 0 fully saturated rings. The highest BCUT2D eigenvalue weighted by atomic mass is 14.9. The molecule has 0 aliphatic rings. The molecule has 2 heterocycles. The molecule has 1 aromatic carbocycles. The van der Waals surface area contributed by atoms with Gasteiger partial charge in [0.15, 0.2) is 0 Å². The zero-order valence-corrected chi connectivity index (χ0v) is 9.44. The number of rotatable bonds is 1. The average Bonchev–Trinajstić information content (AvgIpc) is 2.76. The highest BCUT2D eigenvalue weighted by Gasteiger charge is 2.08. The maximum Gasteiger partial charge on any atom is 0.138 e. The van der Waals surface area contributed by atoms with Crippen molar-refractivity contribution in [1.29, 1.82) is 0 Å². The maximum absolute atomic E-state index is 5.90. The van der Waals surface area contributed by atoms with Gasteiger partial charge < -0.3 is 10.7 Å². The van der Waals surface area contributed by atoms with E-state index in [2.05, 4.69) is 15.0 Å². The van der Waals surface area contributed by atoms with Crippen LogP contribution in [-0.2, 0) is 0 Å². The van der Waals surface area contributed by atoms with Gasteiger partial charge in [-0.3, -0.25) is 4.98 Å². The van der Waals surface area contributed by atoms with Crippen molar-refractivity contribution < 1.29 is 0 Å². The van der Waals surface area contributed by atoms with E-state index < -0.39 is 0 Å². The molecule has 0 amide bonds. The number of H-pyrrole nitrogens is 1. The minimum Gasteiger partial charge on any atom is -0.398 e. The number of nitrogen functional groups attached to an aromatic ring is 1. The van der Waals surface area contributed by atoms with Crippen LogP contribution in [0.25, 0.3) is 22.4 Å². The standard InChI is InChI=1S/C13H12N4/c1-8-9(3-2-4-10(8)14)13-16-11-5-6-15-7-12(11)17-13/h2-7H,14H2,1H3,(H,16,17). The van der Waals surface area contributed by atoms with Crippen LogP contribution in [0.4, 0.5) is 5.69 Å². The Hall–Kier alpha value is -2.36. The zero-order chi connectivity index (χ0) is 11.8. The van der Waals surface area contributed by atoms with Crippen molar-refractivity contribution in [3.8, 4) is 11.4 Å². The van der Waals surface area contributed by atoms with Crippen molar-refractivity contribution in [3.63, 3.8) is 0 Å². The van der Waals surface area contributed by atoms with Crippen molar-refractivity contribution in [2.24, 2.45) is 0 Å². The number of aromatic nitrogens is 3. The van der Waals surface area contributed by atoms with E-state index in [1.165, 1.54) is 0 Å². The average molecular weight is 224 g/mol. The van der Waals surface area contributed by atoms with Crippen LogP contribution in [0.2, 0.25) is 0 Å². The Balaban J connectivity index is 2.24. The Labute approximate surface area is 98.5 Å². The van der Waals surface area contributed by atoms with Gasteiger partial charge in [-0.15, -0.1) is 0 Å². The van der Waals surface area contributed by atoms with E-state index in [0.717, 1.165) is 33.7 Å². The van der Waals surface area contributed by atoms with E-state index >= 15 is 0 Å². The van der Waals surface area contributed by atoms with Gasteiger partial charge in [-0.25, -0.2) is 4.98 Å². The molecule has 84 valence electrons. The van der Waals surface area contributed by atoms with E-state index in [0.29, 0.717) is 0 Å². The highest BCUT2D eigenvalue weighted by molar-refractivity contribution is 5.80. The molecule has 0 aliphatic carbocycles. The van der Waals surface area contributed by atoms with E-state index in [1.807, 2.05) is 31.2 Å². The van der Waals surface area contributed by atoms with Crippen LogP contribution in [0.3, 0.4) is 0 Å². The van der Waals surface area contributed by atoms with Crippen molar-refractivity contribution in [1.82, 2.24) is 15.0 Å². The zero-order valence-electron chi connectivity index (χ0n) is 9.44.